The highest BCUT2D eigenvalue weighted by atomic mass is 15.3. The molecular formula is C22H28N4. The van der Waals surface area contributed by atoms with E-state index in [1.54, 1.807) is 0 Å². The molecule has 1 aliphatic rings. The van der Waals surface area contributed by atoms with Gasteiger partial charge in [-0.15, -0.1) is 0 Å². The zero-order valence-electron chi connectivity index (χ0n) is 16.2. The Labute approximate surface area is 155 Å². The molecule has 4 nitrogen and oxygen atoms in total. The van der Waals surface area contributed by atoms with Crippen molar-refractivity contribution < 1.29 is 0 Å². The van der Waals surface area contributed by atoms with Crippen LogP contribution in [-0.2, 0) is 6.54 Å². The Balaban J connectivity index is 1.67. The third-order valence-electron chi connectivity index (χ3n) is 5.69. The molecule has 2 heterocycles. The molecule has 4 heteroatoms. The van der Waals surface area contributed by atoms with Crippen LogP contribution in [0.25, 0.3) is 11.4 Å². The van der Waals surface area contributed by atoms with Crippen molar-refractivity contribution in [2.24, 2.45) is 0 Å². The summed E-state index contributed by atoms with van der Waals surface area (Å²) in [6, 6.07) is 7.29. The monoisotopic (exact) mass is 348 g/mol. The lowest BCUT2D eigenvalue weighted by atomic mass is 9.93. The average molecular weight is 348 g/mol. The minimum absolute atomic E-state index is 0.471. The normalized spacial score (nSPS) is 14.8. The van der Waals surface area contributed by atoms with Gasteiger partial charge in [0.2, 0.25) is 0 Å². The first kappa shape index (κ1) is 17.1. The smallest absolute Gasteiger partial charge is 0.140 e. The van der Waals surface area contributed by atoms with E-state index in [-0.39, 0.29) is 0 Å². The average Bonchev–Trinajstić information content (AvgIpc) is 3.15. The van der Waals surface area contributed by atoms with Crippen LogP contribution in [0.2, 0.25) is 0 Å². The summed E-state index contributed by atoms with van der Waals surface area (Å²) in [5.41, 5.74) is 6.48. The van der Waals surface area contributed by atoms with E-state index in [1.165, 1.54) is 47.2 Å². The first-order valence-electron chi connectivity index (χ1n) is 9.69. The lowest BCUT2D eigenvalue weighted by Gasteiger charge is -2.27. The minimum Gasteiger partial charge on any atom is -0.326 e. The highest BCUT2D eigenvalue weighted by Crippen LogP contribution is 2.33. The number of imidazole rings is 1. The molecule has 0 bridgehead atoms. The number of hydrogen-bond donors (Lipinski definition) is 0. The Kier molecular flexibility index (Phi) is 4.43. The lowest BCUT2D eigenvalue weighted by molar-refractivity contribution is 0.284. The maximum atomic E-state index is 4.69. The second kappa shape index (κ2) is 6.75. The van der Waals surface area contributed by atoms with E-state index in [0.29, 0.717) is 12.0 Å². The van der Waals surface area contributed by atoms with Crippen LogP contribution in [0.5, 0.6) is 0 Å². The van der Waals surface area contributed by atoms with Crippen LogP contribution in [0, 0.1) is 13.8 Å². The van der Waals surface area contributed by atoms with E-state index in [9.17, 15) is 0 Å². The van der Waals surface area contributed by atoms with Crippen molar-refractivity contribution in [3.05, 3.63) is 59.2 Å². The van der Waals surface area contributed by atoms with Gasteiger partial charge in [0.1, 0.15) is 5.82 Å². The molecule has 1 fully saturated rings. The molecule has 0 N–H and O–H groups in total. The second-order valence-electron chi connectivity index (χ2n) is 7.91. The van der Waals surface area contributed by atoms with Gasteiger partial charge in [0.05, 0.1) is 18.8 Å². The summed E-state index contributed by atoms with van der Waals surface area (Å²) in [6.07, 6.45) is 9.88. The third kappa shape index (κ3) is 2.98. The summed E-state index contributed by atoms with van der Waals surface area (Å²) >= 11 is 0. The Morgan fingerprint density at radius 2 is 2.00 bits per heavy atom. The molecule has 0 spiro atoms. The van der Waals surface area contributed by atoms with Gasteiger partial charge in [-0.05, 0) is 44.6 Å². The maximum absolute atomic E-state index is 4.69. The van der Waals surface area contributed by atoms with Crippen molar-refractivity contribution in [2.45, 2.75) is 65.5 Å². The summed E-state index contributed by atoms with van der Waals surface area (Å²) in [4.78, 5) is 4.69. The van der Waals surface area contributed by atoms with Crippen molar-refractivity contribution in [1.82, 2.24) is 19.3 Å². The quantitative estimate of drug-likeness (QED) is 0.630. The van der Waals surface area contributed by atoms with Gasteiger partial charge in [-0.2, -0.15) is 5.10 Å². The molecule has 0 unspecified atom stereocenters. The Morgan fingerprint density at radius 3 is 2.69 bits per heavy atom. The summed E-state index contributed by atoms with van der Waals surface area (Å²) in [5, 5.41) is 4.66. The summed E-state index contributed by atoms with van der Waals surface area (Å²) < 4.78 is 4.48. The Morgan fingerprint density at radius 1 is 1.19 bits per heavy atom. The molecule has 0 atom stereocenters. The third-order valence-corrected chi connectivity index (χ3v) is 5.69. The van der Waals surface area contributed by atoms with Crippen LogP contribution >= 0.6 is 0 Å². The molecule has 136 valence electrons. The molecular weight excluding hydrogens is 320 g/mol. The molecule has 0 aliphatic heterocycles. The molecule has 0 radical (unpaired) electrons. The van der Waals surface area contributed by atoms with Crippen molar-refractivity contribution >= 4 is 0 Å². The molecule has 4 rings (SSSR count). The van der Waals surface area contributed by atoms with Crippen molar-refractivity contribution in [1.29, 1.82) is 0 Å². The predicted molar refractivity (Wildman–Crippen MR) is 105 cm³/mol. The molecule has 3 aromatic rings. The first-order valence-corrected chi connectivity index (χ1v) is 9.69. The molecule has 1 aliphatic carbocycles. The number of aromatic nitrogens is 4. The van der Waals surface area contributed by atoms with Crippen LogP contribution in [0.3, 0.4) is 0 Å². The Hall–Kier alpha value is -2.36. The van der Waals surface area contributed by atoms with E-state index in [4.69, 9.17) is 0 Å². The summed E-state index contributed by atoms with van der Waals surface area (Å²) in [5.74, 6) is 1.52. The van der Waals surface area contributed by atoms with Crippen LogP contribution in [-0.4, -0.2) is 19.3 Å². The minimum atomic E-state index is 0.471. The van der Waals surface area contributed by atoms with Crippen LogP contribution < -0.4 is 0 Å². The van der Waals surface area contributed by atoms with Gasteiger partial charge >= 0.3 is 0 Å². The number of hydrogen-bond acceptors (Lipinski definition) is 2. The second-order valence-corrected chi connectivity index (χ2v) is 7.91. The number of nitrogens with zero attached hydrogens (tertiary/aromatic N) is 4. The fraction of sp³-hybridized carbons (Fsp3) is 0.455. The summed E-state index contributed by atoms with van der Waals surface area (Å²) in [7, 11) is 0. The number of aryl methyl sites for hydroxylation is 1. The number of rotatable bonds is 5. The van der Waals surface area contributed by atoms with Gasteiger partial charge in [0.15, 0.2) is 0 Å². The van der Waals surface area contributed by atoms with E-state index in [1.807, 2.05) is 12.4 Å². The van der Waals surface area contributed by atoms with Gasteiger partial charge in [-0.1, -0.05) is 37.6 Å². The van der Waals surface area contributed by atoms with Crippen molar-refractivity contribution in [3.8, 4) is 11.4 Å². The largest absolute Gasteiger partial charge is 0.326 e. The zero-order chi connectivity index (χ0) is 18.3. The van der Waals surface area contributed by atoms with Gasteiger partial charge < -0.3 is 4.57 Å². The molecule has 2 aromatic heterocycles. The van der Waals surface area contributed by atoms with E-state index < -0.39 is 0 Å². The van der Waals surface area contributed by atoms with Gasteiger partial charge in [-0.25, -0.2) is 4.98 Å². The standard InChI is InChI=1S/C22H28N4/c1-15(2)21-12-16(3)8-9-20(21)22-23-10-11-25(22)14-18-13-24-26(17(18)4)19-6-5-7-19/h8-13,15,19H,5-7,14H2,1-4H3. The van der Waals surface area contributed by atoms with E-state index in [0.717, 1.165) is 12.4 Å². The molecule has 1 aromatic carbocycles. The van der Waals surface area contributed by atoms with E-state index >= 15 is 0 Å². The van der Waals surface area contributed by atoms with Crippen molar-refractivity contribution in [3.63, 3.8) is 0 Å². The fourth-order valence-electron chi connectivity index (χ4n) is 3.84. The fourth-order valence-corrected chi connectivity index (χ4v) is 3.84. The van der Waals surface area contributed by atoms with Gasteiger partial charge in [0, 0.05) is 29.2 Å². The highest BCUT2D eigenvalue weighted by Gasteiger charge is 2.23. The van der Waals surface area contributed by atoms with Crippen LogP contribution in [0.15, 0.2) is 36.8 Å². The molecule has 26 heavy (non-hydrogen) atoms. The highest BCUT2D eigenvalue weighted by molar-refractivity contribution is 5.62. The molecule has 0 saturated heterocycles. The molecule has 1 saturated carbocycles. The predicted octanol–water partition coefficient (Wildman–Crippen LogP) is 5.26. The van der Waals surface area contributed by atoms with Gasteiger partial charge in [0.25, 0.3) is 0 Å². The Bertz CT molecular complexity index is 912. The first-order chi connectivity index (χ1) is 12.5. The topological polar surface area (TPSA) is 35.6 Å². The van der Waals surface area contributed by atoms with Crippen LogP contribution in [0.1, 0.15) is 67.5 Å². The van der Waals surface area contributed by atoms with Gasteiger partial charge in [-0.3, -0.25) is 4.68 Å². The lowest BCUT2D eigenvalue weighted by Crippen LogP contribution is -2.19. The summed E-state index contributed by atoms with van der Waals surface area (Å²) in [6.45, 7) is 9.67. The van der Waals surface area contributed by atoms with E-state index in [2.05, 4.69) is 71.4 Å². The zero-order valence-corrected chi connectivity index (χ0v) is 16.2. The SMILES string of the molecule is Cc1ccc(-c2nccn2Cc2cnn(C3CCC3)c2C)c(C(C)C)c1. The maximum Gasteiger partial charge on any atom is 0.140 e. The van der Waals surface area contributed by atoms with Crippen LogP contribution in [0.4, 0.5) is 0 Å². The molecule has 0 amide bonds. The van der Waals surface area contributed by atoms with Crippen molar-refractivity contribution in [2.75, 3.05) is 0 Å². The number of benzene rings is 1.